The Labute approximate surface area is 132 Å². The number of methoxy groups -OCH3 is 1. The van der Waals surface area contributed by atoms with Crippen molar-refractivity contribution in [1.29, 1.82) is 0 Å². The van der Waals surface area contributed by atoms with E-state index in [0.717, 1.165) is 16.0 Å². The highest BCUT2D eigenvalue weighted by atomic mass is 35.5. The molecular weight excluding hydrogens is 319 g/mol. The smallest absolute Gasteiger partial charge is 0.408 e. The van der Waals surface area contributed by atoms with Gasteiger partial charge in [0, 0.05) is 19.3 Å². The molecule has 1 heterocycles. The van der Waals surface area contributed by atoms with E-state index in [1.54, 1.807) is 13.2 Å². The molecule has 122 valence electrons. The molecule has 0 aliphatic rings. The lowest BCUT2D eigenvalue weighted by molar-refractivity contribution is -0.142. The molecule has 0 saturated heterocycles. The summed E-state index contributed by atoms with van der Waals surface area (Å²) in [5.41, 5.74) is 1.64. The third-order valence-corrected chi connectivity index (χ3v) is 2.83. The highest BCUT2D eigenvalue weighted by Crippen LogP contribution is 2.17. The number of ether oxygens (including phenoxy) is 1. The van der Waals surface area contributed by atoms with Crippen molar-refractivity contribution < 1.29 is 17.9 Å². The molecule has 8 heteroatoms. The van der Waals surface area contributed by atoms with E-state index in [4.69, 9.17) is 4.74 Å². The molecule has 0 unspecified atom stereocenters. The van der Waals surface area contributed by atoms with Crippen LogP contribution < -0.4 is 10.1 Å². The Morgan fingerprint density at radius 1 is 1.14 bits per heavy atom. The van der Waals surface area contributed by atoms with Crippen molar-refractivity contribution in [3.8, 4) is 5.75 Å². The van der Waals surface area contributed by atoms with Crippen LogP contribution >= 0.6 is 12.4 Å². The van der Waals surface area contributed by atoms with Gasteiger partial charge in [0.2, 0.25) is 0 Å². The van der Waals surface area contributed by atoms with Gasteiger partial charge in [-0.25, -0.2) is 0 Å². The van der Waals surface area contributed by atoms with E-state index in [1.807, 2.05) is 24.3 Å². The van der Waals surface area contributed by atoms with Crippen LogP contribution in [0.15, 0.2) is 36.5 Å². The maximum absolute atomic E-state index is 12.2. The minimum Gasteiger partial charge on any atom is -0.497 e. The molecule has 1 aromatic heterocycles. The Kier molecular flexibility index (Phi) is 6.70. The van der Waals surface area contributed by atoms with Gasteiger partial charge in [0.15, 0.2) is 0 Å². The van der Waals surface area contributed by atoms with Crippen LogP contribution in [0.3, 0.4) is 0 Å². The first-order valence-electron chi connectivity index (χ1n) is 6.39. The first-order chi connectivity index (χ1) is 9.96. The van der Waals surface area contributed by atoms with Crippen LogP contribution in [0.2, 0.25) is 0 Å². The Balaban J connectivity index is 0.00000242. The maximum Gasteiger partial charge on any atom is 0.408 e. The van der Waals surface area contributed by atoms with Crippen molar-refractivity contribution >= 4 is 12.4 Å². The van der Waals surface area contributed by atoms with Gasteiger partial charge < -0.3 is 10.1 Å². The molecule has 0 bridgehead atoms. The van der Waals surface area contributed by atoms with E-state index in [1.165, 1.54) is 6.20 Å². The van der Waals surface area contributed by atoms with Gasteiger partial charge in [0.1, 0.15) is 12.3 Å². The summed E-state index contributed by atoms with van der Waals surface area (Å²) in [5, 5.41) is 7.00. The van der Waals surface area contributed by atoms with Crippen LogP contribution in [-0.4, -0.2) is 23.1 Å². The molecule has 2 rings (SSSR count). The second kappa shape index (κ2) is 8.05. The minimum absolute atomic E-state index is 0. The number of rotatable bonds is 6. The maximum atomic E-state index is 12.2. The Morgan fingerprint density at radius 2 is 1.82 bits per heavy atom. The number of aromatic nitrogens is 2. The summed E-state index contributed by atoms with van der Waals surface area (Å²) in [7, 11) is 1.60. The van der Waals surface area contributed by atoms with Crippen LogP contribution in [0.5, 0.6) is 5.75 Å². The fourth-order valence-corrected chi connectivity index (χ4v) is 1.85. The van der Waals surface area contributed by atoms with Gasteiger partial charge in [-0.3, -0.25) is 4.68 Å². The second-order valence-electron chi connectivity index (χ2n) is 4.57. The predicted molar refractivity (Wildman–Crippen MR) is 79.1 cm³/mol. The number of halogens is 4. The molecule has 0 aliphatic carbocycles. The molecule has 0 saturated carbocycles. The number of alkyl halides is 3. The van der Waals surface area contributed by atoms with Crippen LogP contribution in [0.1, 0.15) is 11.3 Å². The molecule has 1 aromatic carbocycles. The number of hydrogen-bond acceptors (Lipinski definition) is 3. The van der Waals surface area contributed by atoms with Gasteiger partial charge >= 0.3 is 6.18 Å². The highest BCUT2D eigenvalue weighted by molar-refractivity contribution is 5.85. The zero-order valence-electron chi connectivity index (χ0n) is 11.9. The summed E-state index contributed by atoms with van der Waals surface area (Å²) in [6, 6.07) is 9.14. The number of hydrogen-bond donors (Lipinski definition) is 1. The van der Waals surface area contributed by atoms with E-state index >= 15 is 0 Å². The number of benzene rings is 1. The zero-order valence-corrected chi connectivity index (χ0v) is 12.7. The standard InChI is InChI=1S/C14H16F3N3O.ClH/c1-21-13-4-2-11(3-5-13)8-18-9-12-6-7-20(19-12)10-14(15,16)17;/h2-7,18H,8-10H2,1H3;1H. The first kappa shape index (κ1) is 18.3. The quantitative estimate of drug-likeness (QED) is 0.881. The average molecular weight is 336 g/mol. The summed E-state index contributed by atoms with van der Waals surface area (Å²) in [6.07, 6.45) is -2.92. The van der Waals surface area contributed by atoms with Crippen molar-refractivity contribution in [2.24, 2.45) is 0 Å². The summed E-state index contributed by atoms with van der Waals surface area (Å²) in [5.74, 6) is 0.782. The SMILES string of the molecule is COc1ccc(CNCc2ccn(CC(F)(F)F)n2)cc1.Cl. The molecule has 0 aliphatic heterocycles. The van der Waals surface area contributed by atoms with Crippen molar-refractivity contribution in [3.63, 3.8) is 0 Å². The minimum atomic E-state index is -4.25. The van der Waals surface area contributed by atoms with Gasteiger partial charge in [-0.1, -0.05) is 12.1 Å². The van der Waals surface area contributed by atoms with Crippen LogP contribution in [-0.2, 0) is 19.6 Å². The number of nitrogens with one attached hydrogen (secondary N) is 1. The largest absolute Gasteiger partial charge is 0.497 e. The third-order valence-electron chi connectivity index (χ3n) is 2.83. The van der Waals surface area contributed by atoms with Crippen molar-refractivity contribution in [1.82, 2.24) is 15.1 Å². The van der Waals surface area contributed by atoms with E-state index < -0.39 is 12.7 Å². The normalized spacial score (nSPS) is 11.1. The van der Waals surface area contributed by atoms with Gasteiger partial charge in [0.25, 0.3) is 0 Å². The monoisotopic (exact) mass is 335 g/mol. The molecule has 2 aromatic rings. The first-order valence-corrected chi connectivity index (χ1v) is 6.39. The van der Waals surface area contributed by atoms with Crippen LogP contribution in [0.4, 0.5) is 13.2 Å². The zero-order chi connectivity index (χ0) is 15.3. The Bertz CT molecular complexity index is 569. The van der Waals surface area contributed by atoms with Gasteiger partial charge in [-0.2, -0.15) is 18.3 Å². The summed E-state index contributed by atoms with van der Waals surface area (Å²) >= 11 is 0. The molecule has 0 fully saturated rings. The number of nitrogens with zero attached hydrogens (tertiary/aromatic N) is 2. The fourth-order valence-electron chi connectivity index (χ4n) is 1.85. The van der Waals surface area contributed by atoms with Crippen LogP contribution in [0.25, 0.3) is 0 Å². The Morgan fingerprint density at radius 3 is 2.41 bits per heavy atom. The highest BCUT2D eigenvalue weighted by Gasteiger charge is 2.28. The second-order valence-corrected chi connectivity index (χ2v) is 4.57. The van der Waals surface area contributed by atoms with Crippen molar-refractivity contribution in [2.75, 3.05) is 7.11 Å². The van der Waals surface area contributed by atoms with Gasteiger partial charge in [-0.05, 0) is 23.8 Å². The molecule has 0 radical (unpaired) electrons. The van der Waals surface area contributed by atoms with Crippen LogP contribution in [0, 0.1) is 0 Å². The van der Waals surface area contributed by atoms with Crippen molar-refractivity contribution in [3.05, 3.63) is 47.8 Å². The lowest BCUT2D eigenvalue weighted by Crippen LogP contribution is -2.19. The van der Waals surface area contributed by atoms with E-state index in [2.05, 4.69) is 10.4 Å². The molecule has 1 N–H and O–H groups in total. The molecule has 4 nitrogen and oxygen atoms in total. The van der Waals surface area contributed by atoms with E-state index in [-0.39, 0.29) is 12.4 Å². The van der Waals surface area contributed by atoms with E-state index in [0.29, 0.717) is 18.8 Å². The molecular formula is C14H17ClF3N3O. The molecule has 0 spiro atoms. The summed E-state index contributed by atoms with van der Waals surface area (Å²) < 4.78 is 42.6. The molecule has 0 atom stereocenters. The summed E-state index contributed by atoms with van der Waals surface area (Å²) in [4.78, 5) is 0. The molecule has 0 amide bonds. The van der Waals surface area contributed by atoms with E-state index in [9.17, 15) is 13.2 Å². The van der Waals surface area contributed by atoms with Gasteiger partial charge in [-0.15, -0.1) is 12.4 Å². The Hall–Kier alpha value is -1.73. The fraction of sp³-hybridized carbons (Fsp3) is 0.357. The lowest BCUT2D eigenvalue weighted by atomic mass is 10.2. The van der Waals surface area contributed by atoms with Crippen molar-refractivity contribution in [2.45, 2.75) is 25.8 Å². The third kappa shape index (κ3) is 5.95. The molecule has 22 heavy (non-hydrogen) atoms. The predicted octanol–water partition coefficient (Wildman–Crippen LogP) is 3.17. The average Bonchev–Trinajstić information content (AvgIpc) is 2.85. The van der Waals surface area contributed by atoms with Gasteiger partial charge in [0.05, 0.1) is 12.8 Å². The summed E-state index contributed by atoms with van der Waals surface area (Å²) in [6.45, 7) is -0.0432. The lowest BCUT2D eigenvalue weighted by Gasteiger charge is -2.06. The topological polar surface area (TPSA) is 39.1 Å².